The maximum Gasteiger partial charge on any atom is 0.416 e. The molecular weight excluding hydrogens is 291 g/mol. The predicted octanol–water partition coefficient (Wildman–Crippen LogP) is 4.11. The van der Waals surface area contributed by atoms with Crippen LogP contribution in [0.2, 0.25) is 0 Å². The second kappa shape index (κ2) is 5.49. The Labute approximate surface area is 116 Å². The Morgan fingerprint density at radius 2 is 2.05 bits per heavy atom. The summed E-state index contributed by atoms with van der Waals surface area (Å²) in [5, 5.41) is 5.16. The summed E-state index contributed by atoms with van der Waals surface area (Å²) in [5.41, 5.74) is -0.758. The van der Waals surface area contributed by atoms with E-state index < -0.39 is 17.8 Å². The first kappa shape index (κ1) is 14.3. The standard InChI is InChI=1S/C12H10F3N3OS/c1-7-6-16-11(20-7)18-10(19)17-9-4-2-3-8(5-9)12(13,14)15/h2-6H,1H3,(H2,16,17,18,19). The second-order valence-corrected chi connectivity index (χ2v) is 5.17. The summed E-state index contributed by atoms with van der Waals surface area (Å²) < 4.78 is 37.6. The molecule has 0 fully saturated rings. The van der Waals surface area contributed by atoms with Gasteiger partial charge < -0.3 is 5.32 Å². The van der Waals surface area contributed by atoms with Gasteiger partial charge in [-0.1, -0.05) is 6.07 Å². The number of nitrogens with zero attached hydrogens (tertiary/aromatic N) is 1. The molecule has 2 N–H and O–H groups in total. The minimum absolute atomic E-state index is 0.0607. The lowest BCUT2D eigenvalue weighted by Gasteiger charge is -2.09. The zero-order chi connectivity index (χ0) is 14.8. The zero-order valence-electron chi connectivity index (χ0n) is 10.3. The fourth-order valence-electron chi connectivity index (χ4n) is 1.45. The SMILES string of the molecule is Cc1cnc(NC(=O)Nc2cccc(C(F)(F)F)c2)s1. The number of carbonyl (C=O) groups excluding carboxylic acids is 1. The third-order valence-corrected chi connectivity index (χ3v) is 3.12. The van der Waals surface area contributed by atoms with Crippen LogP contribution in [0, 0.1) is 6.92 Å². The quantitative estimate of drug-likeness (QED) is 0.877. The largest absolute Gasteiger partial charge is 0.416 e. The molecule has 0 atom stereocenters. The van der Waals surface area contributed by atoms with Gasteiger partial charge in [-0.05, 0) is 25.1 Å². The minimum atomic E-state index is -4.44. The molecule has 106 valence electrons. The van der Waals surface area contributed by atoms with Gasteiger partial charge >= 0.3 is 12.2 Å². The monoisotopic (exact) mass is 301 g/mol. The van der Waals surface area contributed by atoms with Crippen molar-refractivity contribution in [3.63, 3.8) is 0 Å². The van der Waals surface area contributed by atoms with Crippen molar-refractivity contribution in [3.05, 3.63) is 40.9 Å². The molecule has 0 unspecified atom stereocenters. The zero-order valence-corrected chi connectivity index (χ0v) is 11.1. The van der Waals surface area contributed by atoms with E-state index in [0.29, 0.717) is 5.13 Å². The van der Waals surface area contributed by atoms with Gasteiger partial charge in [0.15, 0.2) is 5.13 Å². The Hall–Kier alpha value is -2.09. The summed E-state index contributed by atoms with van der Waals surface area (Å²) in [7, 11) is 0. The number of halogens is 3. The third-order valence-electron chi connectivity index (χ3n) is 2.29. The van der Waals surface area contributed by atoms with Crippen LogP contribution < -0.4 is 10.6 Å². The molecule has 0 spiro atoms. The number of benzene rings is 1. The number of alkyl halides is 3. The van der Waals surface area contributed by atoms with Crippen molar-refractivity contribution in [2.24, 2.45) is 0 Å². The van der Waals surface area contributed by atoms with Crippen LogP contribution >= 0.6 is 11.3 Å². The molecular formula is C12H10F3N3OS. The van der Waals surface area contributed by atoms with Crippen molar-refractivity contribution in [1.29, 1.82) is 0 Å². The van der Waals surface area contributed by atoms with Crippen molar-refractivity contribution in [1.82, 2.24) is 4.98 Å². The number of urea groups is 1. The molecule has 0 bridgehead atoms. The van der Waals surface area contributed by atoms with Crippen molar-refractivity contribution < 1.29 is 18.0 Å². The summed E-state index contributed by atoms with van der Waals surface area (Å²) in [6.07, 6.45) is -2.86. The first-order valence-electron chi connectivity index (χ1n) is 5.52. The van der Waals surface area contributed by atoms with Crippen LogP contribution in [0.4, 0.5) is 28.8 Å². The van der Waals surface area contributed by atoms with Gasteiger partial charge in [0.05, 0.1) is 5.56 Å². The summed E-state index contributed by atoms with van der Waals surface area (Å²) in [6.45, 7) is 1.83. The molecule has 1 heterocycles. The first-order chi connectivity index (χ1) is 9.34. The number of anilines is 2. The molecule has 0 saturated heterocycles. The summed E-state index contributed by atoms with van der Waals surface area (Å²) in [4.78, 5) is 16.5. The van der Waals surface area contributed by atoms with E-state index in [9.17, 15) is 18.0 Å². The van der Waals surface area contributed by atoms with Crippen molar-refractivity contribution >= 4 is 28.2 Å². The van der Waals surface area contributed by atoms with Gasteiger partial charge in [-0.2, -0.15) is 13.2 Å². The Balaban J connectivity index is 2.04. The predicted molar refractivity (Wildman–Crippen MR) is 70.9 cm³/mol. The van der Waals surface area contributed by atoms with Crippen LogP contribution in [0.3, 0.4) is 0 Å². The highest BCUT2D eigenvalue weighted by Crippen LogP contribution is 2.30. The lowest BCUT2D eigenvalue weighted by molar-refractivity contribution is -0.137. The average molecular weight is 301 g/mol. The van der Waals surface area contributed by atoms with E-state index in [0.717, 1.165) is 17.0 Å². The average Bonchev–Trinajstić information content (AvgIpc) is 2.73. The van der Waals surface area contributed by atoms with E-state index in [1.807, 2.05) is 6.92 Å². The highest BCUT2D eigenvalue weighted by atomic mass is 32.1. The Bertz CT molecular complexity index is 624. The van der Waals surface area contributed by atoms with Gasteiger partial charge in [0.1, 0.15) is 0 Å². The molecule has 2 rings (SSSR count). The van der Waals surface area contributed by atoms with E-state index in [-0.39, 0.29) is 5.69 Å². The number of hydrogen-bond acceptors (Lipinski definition) is 3. The van der Waals surface area contributed by atoms with E-state index in [4.69, 9.17) is 0 Å². The Morgan fingerprint density at radius 1 is 1.30 bits per heavy atom. The minimum Gasteiger partial charge on any atom is -0.308 e. The van der Waals surface area contributed by atoms with Gasteiger partial charge in [0, 0.05) is 16.8 Å². The number of hydrogen-bond donors (Lipinski definition) is 2. The fourth-order valence-corrected chi connectivity index (χ4v) is 2.10. The first-order valence-corrected chi connectivity index (χ1v) is 6.34. The molecule has 0 saturated carbocycles. The number of aromatic nitrogens is 1. The number of rotatable bonds is 2. The molecule has 0 radical (unpaired) electrons. The van der Waals surface area contributed by atoms with E-state index >= 15 is 0 Å². The molecule has 2 aromatic rings. The van der Waals surface area contributed by atoms with Crippen LogP contribution in [0.5, 0.6) is 0 Å². The van der Waals surface area contributed by atoms with Gasteiger partial charge in [0.25, 0.3) is 0 Å². The van der Waals surface area contributed by atoms with E-state index in [2.05, 4.69) is 15.6 Å². The van der Waals surface area contributed by atoms with E-state index in [1.54, 1.807) is 6.20 Å². The van der Waals surface area contributed by atoms with Gasteiger partial charge in [-0.15, -0.1) is 11.3 Å². The number of thiazole rings is 1. The van der Waals surface area contributed by atoms with Crippen LogP contribution in [-0.2, 0) is 6.18 Å². The molecule has 0 aliphatic heterocycles. The summed E-state index contributed by atoms with van der Waals surface area (Å²) in [5.74, 6) is 0. The maximum atomic E-state index is 12.5. The van der Waals surface area contributed by atoms with Crippen molar-refractivity contribution in [2.75, 3.05) is 10.6 Å². The molecule has 2 amide bonds. The number of carbonyl (C=O) groups is 1. The van der Waals surface area contributed by atoms with Gasteiger partial charge in [-0.25, -0.2) is 9.78 Å². The molecule has 4 nitrogen and oxygen atoms in total. The van der Waals surface area contributed by atoms with Crippen molar-refractivity contribution in [2.45, 2.75) is 13.1 Å². The smallest absolute Gasteiger partial charge is 0.308 e. The molecule has 8 heteroatoms. The number of amides is 2. The molecule has 0 aliphatic rings. The van der Waals surface area contributed by atoms with Crippen molar-refractivity contribution in [3.8, 4) is 0 Å². The molecule has 1 aromatic carbocycles. The molecule has 20 heavy (non-hydrogen) atoms. The number of aryl methyl sites for hydroxylation is 1. The Morgan fingerprint density at radius 3 is 2.65 bits per heavy atom. The molecule has 1 aromatic heterocycles. The van der Waals surface area contributed by atoms with Crippen LogP contribution in [-0.4, -0.2) is 11.0 Å². The topological polar surface area (TPSA) is 54.0 Å². The highest BCUT2D eigenvalue weighted by molar-refractivity contribution is 7.15. The van der Waals surface area contributed by atoms with E-state index in [1.165, 1.54) is 23.5 Å². The van der Waals surface area contributed by atoms with Gasteiger partial charge in [0.2, 0.25) is 0 Å². The lowest BCUT2D eigenvalue weighted by Crippen LogP contribution is -2.19. The fraction of sp³-hybridized carbons (Fsp3) is 0.167. The van der Waals surface area contributed by atoms with Crippen LogP contribution in [0.1, 0.15) is 10.4 Å². The van der Waals surface area contributed by atoms with Gasteiger partial charge in [-0.3, -0.25) is 5.32 Å². The maximum absolute atomic E-state index is 12.5. The Kier molecular flexibility index (Phi) is 3.93. The lowest BCUT2D eigenvalue weighted by atomic mass is 10.2. The summed E-state index contributed by atoms with van der Waals surface area (Å²) in [6, 6.07) is 3.77. The summed E-state index contributed by atoms with van der Waals surface area (Å²) >= 11 is 1.27. The normalized spacial score (nSPS) is 11.2. The number of nitrogens with one attached hydrogen (secondary N) is 2. The molecule has 0 aliphatic carbocycles. The van der Waals surface area contributed by atoms with Crippen LogP contribution in [0.15, 0.2) is 30.5 Å². The second-order valence-electron chi connectivity index (χ2n) is 3.93. The third kappa shape index (κ3) is 3.70. The van der Waals surface area contributed by atoms with Crippen LogP contribution in [0.25, 0.3) is 0 Å². The highest BCUT2D eigenvalue weighted by Gasteiger charge is 2.30.